The lowest BCUT2D eigenvalue weighted by Gasteiger charge is -2.30. The molecular weight excluding hydrogens is 451 g/mol. The normalized spacial score (nSPS) is 22.6. The van der Waals surface area contributed by atoms with Gasteiger partial charge in [0.25, 0.3) is 0 Å². The van der Waals surface area contributed by atoms with Crippen molar-refractivity contribution >= 4 is 45.0 Å². The molecule has 2 aromatic rings. The van der Waals surface area contributed by atoms with Crippen molar-refractivity contribution in [2.45, 2.75) is 10.5 Å². The molecule has 25 heavy (non-hydrogen) atoms. The summed E-state index contributed by atoms with van der Waals surface area (Å²) in [5, 5.41) is 12.7. The van der Waals surface area contributed by atoms with Gasteiger partial charge in [-0.1, -0.05) is 64.3 Å². The van der Waals surface area contributed by atoms with E-state index in [0.29, 0.717) is 18.1 Å². The Morgan fingerprint density at radius 1 is 1.56 bits per heavy atom. The highest BCUT2D eigenvalue weighted by Gasteiger charge is 2.52. The third-order valence-corrected chi connectivity index (χ3v) is 7.12. The van der Waals surface area contributed by atoms with E-state index in [4.69, 9.17) is 4.74 Å². The van der Waals surface area contributed by atoms with Gasteiger partial charge in [0.05, 0.1) is 11.5 Å². The molecule has 3 rings (SSSR count). The predicted octanol–water partition coefficient (Wildman–Crippen LogP) is 3.33. The Morgan fingerprint density at radius 2 is 2.32 bits per heavy atom. The zero-order chi connectivity index (χ0) is 17.9. The van der Waals surface area contributed by atoms with E-state index >= 15 is 0 Å². The number of amides is 1. The fourth-order valence-electron chi connectivity index (χ4n) is 2.93. The van der Waals surface area contributed by atoms with Gasteiger partial charge >= 0.3 is 0 Å². The number of nitrogens with zero attached hydrogens (tertiary/aromatic N) is 3. The summed E-state index contributed by atoms with van der Waals surface area (Å²) in [6.45, 7) is 0.815. The van der Waals surface area contributed by atoms with E-state index in [0.717, 1.165) is 10.4 Å². The van der Waals surface area contributed by atoms with E-state index in [1.54, 1.807) is 18.2 Å². The Kier molecular flexibility index (Phi) is 5.56. The molecule has 1 aliphatic heterocycles. The Morgan fingerprint density at radius 3 is 2.96 bits per heavy atom. The van der Waals surface area contributed by atoms with E-state index in [1.807, 2.05) is 30.3 Å². The first-order valence-electron chi connectivity index (χ1n) is 7.73. The Labute approximate surface area is 164 Å². The first-order valence-corrected chi connectivity index (χ1v) is 9.79. The van der Waals surface area contributed by atoms with Gasteiger partial charge in [0.1, 0.15) is 9.46 Å². The summed E-state index contributed by atoms with van der Waals surface area (Å²) in [5.74, 6) is -0.152. The SMILES string of the molecule is COCC1(C(=O)Nc2ncc(-c3ccccc3)s2)CCN(C#N)C1I. The molecule has 2 atom stereocenters. The molecule has 0 saturated carbocycles. The van der Waals surface area contributed by atoms with E-state index in [-0.39, 0.29) is 16.6 Å². The number of anilines is 1. The van der Waals surface area contributed by atoms with Crippen LogP contribution in [0.25, 0.3) is 10.4 Å². The summed E-state index contributed by atoms with van der Waals surface area (Å²) in [6.07, 6.45) is 4.48. The quantitative estimate of drug-likeness (QED) is 0.315. The summed E-state index contributed by atoms with van der Waals surface area (Å²) >= 11 is 3.58. The summed E-state index contributed by atoms with van der Waals surface area (Å²) in [7, 11) is 1.57. The van der Waals surface area contributed by atoms with Crippen LogP contribution in [0.1, 0.15) is 6.42 Å². The number of benzene rings is 1. The van der Waals surface area contributed by atoms with Gasteiger partial charge < -0.3 is 10.1 Å². The number of alkyl halides is 1. The predicted molar refractivity (Wildman–Crippen MR) is 105 cm³/mol. The maximum absolute atomic E-state index is 13.0. The number of halogens is 1. The van der Waals surface area contributed by atoms with Gasteiger partial charge in [-0.25, -0.2) is 4.98 Å². The van der Waals surface area contributed by atoms with Crippen molar-refractivity contribution in [2.24, 2.45) is 5.41 Å². The molecule has 1 fully saturated rings. The van der Waals surface area contributed by atoms with Crippen LogP contribution in [-0.4, -0.2) is 40.1 Å². The molecule has 0 bridgehead atoms. The van der Waals surface area contributed by atoms with Gasteiger partial charge in [0.2, 0.25) is 5.91 Å². The summed E-state index contributed by atoms with van der Waals surface area (Å²) in [6, 6.07) is 9.92. The van der Waals surface area contributed by atoms with Crippen LogP contribution in [0.3, 0.4) is 0 Å². The van der Waals surface area contributed by atoms with Gasteiger partial charge in [0.15, 0.2) is 11.3 Å². The molecule has 1 aliphatic rings. The number of likely N-dealkylation sites (tertiary alicyclic amines) is 1. The lowest BCUT2D eigenvalue weighted by molar-refractivity contribution is -0.128. The fourth-order valence-corrected chi connectivity index (χ4v) is 4.92. The van der Waals surface area contributed by atoms with Crippen LogP contribution in [0, 0.1) is 16.9 Å². The average molecular weight is 468 g/mol. The highest BCUT2D eigenvalue weighted by Crippen LogP contribution is 2.42. The van der Waals surface area contributed by atoms with E-state index in [2.05, 4.69) is 39.1 Å². The minimum atomic E-state index is -0.760. The minimum Gasteiger partial charge on any atom is -0.383 e. The Hall–Kier alpha value is -1.70. The van der Waals surface area contributed by atoms with Crippen LogP contribution < -0.4 is 5.32 Å². The molecule has 1 aromatic heterocycles. The van der Waals surface area contributed by atoms with Gasteiger partial charge in [-0.3, -0.25) is 9.69 Å². The van der Waals surface area contributed by atoms with Gasteiger partial charge in [0, 0.05) is 19.9 Å². The number of nitriles is 1. The van der Waals surface area contributed by atoms with Crippen LogP contribution in [-0.2, 0) is 9.53 Å². The van der Waals surface area contributed by atoms with E-state index < -0.39 is 5.41 Å². The molecule has 2 heterocycles. The highest BCUT2D eigenvalue weighted by molar-refractivity contribution is 14.1. The second-order valence-corrected chi connectivity index (χ2v) is 8.03. The van der Waals surface area contributed by atoms with Crippen molar-refractivity contribution in [3.05, 3.63) is 36.5 Å². The van der Waals surface area contributed by atoms with Gasteiger partial charge in [-0.05, 0) is 12.0 Å². The monoisotopic (exact) mass is 468 g/mol. The van der Waals surface area contributed by atoms with Gasteiger partial charge in [-0.15, -0.1) is 0 Å². The number of hydrogen-bond acceptors (Lipinski definition) is 6. The maximum Gasteiger partial charge on any atom is 0.237 e. The number of thiazole rings is 1. The molecule has 2 unspecified atom stereocenters. The number of ether oxygens (including phenoxy) is 1. The second-order valence-electron chi connectivity index (χ2n) is 5.82. The molecule has 1 N–H and O–H groups in total. The summed E-state index contributed by atoms with van der Waals surface area (Å²) in [5.41, 5.74) is 0.305. The molecule has 1 saturated heterocycles. The number of rotatable bonds is 5. The molecule has 0 aliphatic carbocycles. The molecule has 130 valence electrons. The third-order valence-electron chi connectivity index (χ3n) is 4.30. The fraction of sp³-hybridized carbons (Fsp3) is 0.353. The first kappa shape index (κ1) is 18.1. The largest absolute Gasteiger partial charge is 0.383 e. The number of carbonyl (C=O) groups excluding carboxylic acids is 1. The van der Waals surface area contributed by atoms with Gasteiger partial charge in [-0.2, -0.15) is 5.26 Å². The van der Waals surface area contributed by atoms with E-state index in [1.165, 1.54) is 11.3 Å². The maximum atomic E-state index is 13.0. The Bertz CT molecular complexity index is 791. The average Bonchev–Trinajstić information content (AvgIpc) is 3.22. The molecule has 0 spiro atoms. The van der Waals surface area contributed by atoms with Crippen LogP contribution in [0.5, 0.6) is 0 Å². The second kappa shape index (κ2) is 7.68. The molecule has 1 amide bonds. The Balaban J connectivity index is 1.79. The topological polar surface area (TPSA) is 78.2 Å². The number of nitrogens with one attached hydrogen (secondary N) is 1. The number of hydrogen-bond donors (Lipinski definition) is 1. The van der Waals surface area contributed by atoms with Crippen molar-refractivity contribution in [3.63, 3.8) is 0 Å². The van der Waals surface area contributed by atoms with Crippen molar-refractivity contribution in [1.82, 2.24) is 9.88 Å². The van der Waals surface area contributed by atoms with Crippen LogP contribution in [0.15, 0.2) is 36.5 Å². The molecular formula is C17H17IN4O2S. The lowest BCUT2D eigenvalue weighted by Crippen LogP contribution is -2.46. The molecule has 6 nitrogen and oxygen atoms in total. The smallest absolute Gasteiger partial charge is 0.237 e. The molecule has 0 radical (unpaired) electrons. The van der Waals surface area contributed by atoms with Crippen molar-refractivity contribution in [2.75, 3.05) is 25.6 Å². The number of methoxy groups -OCH3 is 1. The highest BCUT2D eigenvalue weighted by atomic mass is 127. The summed E-state index contributed by atoms with van der Waals surface area (Å²) in [4.78, 5) is 19.9. The van der Waals surface area contributed by atoms with Crippen LogP contribution in [0.2, 0.25) is 0 Å². The lowest BCUT2D eigenvalue weighted by atomic mass is 9.87. The summed E-state index contributed by atoms with van der Waals surface area (Å²) < 4.78 is 5.06. The first-order chi connectivity index (χ1) is 12.1. The van der Waals surface area contributed by atoms with Crippen molar-refractivity contribution in [1.29, 1.82) is 5.26 Å². The molecule has 8 heteroatoms. The zero-order valence-electron chi connectivity index (χ0n) is 13.6. The zero-order valence-corrected chi connectivity index (χ0v) is 16.6. The third kappa shape index (κ3) is 3.49. The van der Waals surface area contributed by atoms with Crippen molar-refractivity contribution in [3.8, 4) is 16.6 Å². The standard InChI is InChI=1S/C17H17IN4O2S/c1-24-10-17(7-8-22(11-19)14(17)18)15(23)21-16-20-9-13(25-16)12-5-3-2-4-6-12/h2-6,9,14H,7-8,10H2,1H3,(H,20,21,23). The minimum absolute atomic E-state index is 0.152. The van der Waals surface area contributed by atoms with Crippen LogP contribution >= 0.6 is 33.9 Å². The van der Waals surface area contributed by atoms with Crippen LogP contribution in [0.4, 0.5) is 5.13 Å². The van der Waals surface area contributed by atoms with E-state index in [9.17, 15) is 10.1 Å². The van der Waals surface area contributed by atoms with Crippen molar-refractivity contribution < 1.29 is 9.53 Å². The number of aromatic nitrogens is 1. The number of carbonyl (C=O) groups is 1. The molecule has 1 aromatic carbocycles.